The molecule has 1 N–H and O–H groups in total. The maximum Gasteiger partial charge on any atom is 0.332 e. The quantitative estimate of drug-likeness (QED) is 0.645. The van der Waals surface area contributed by atoms with Crippen LogP contribution in [0.15, 0.2) is 63.7 Å². The van der Waals surface area contributed by atoms with Gasteiger partial charge in [0.05, 0.1) is 11.3 Å². The van der Waals surface area contributed by atoms with Gasteiger partial charge in [0, 0.05) is 36.7 Å². The Hall–Kier alpha value is -3.67. The van der Waals surface area contributed by atoms with E-state index in [4.69, 9.17) is 0 Å². The molecule has 5 rings (SSSR count). The van der Waals surface area contributed by atoms with Crippen molar-refractivity contribution >= 4 is 17.3 Å². The molecular formula is C26H25N3O3. The zero-order valence-corrected chi connectivity index (χ0v) is 18.8. The van der Waals surface area contributed by atoms with Crippen LogP contribution in [0.2, 0.25) is 0 Å². The highest BCUT2D eigenvalue weighted by Crippen LogP contribution is 2.47. The Morgan fingerprint density at radius 3 is 2.09 bits per heavy atom. The van der Waals surface area contributed by atoms with Gasteiger partial charge in [0.1, 0.15) is 5.82 Å². The van der Waals surface area contributed by atoms with E-state index in [1.165, 1.54) is 17.2 Å². The molecule has 2 aliphatic rings. The summed E-state index contributed by atoms with van der Waals surface area (Å²) in [5, 5.41) is 3.27. The number of anilines is 1. The summed E-state index contributed by atoms with van der Waals surface area (Å²) < 4.78 is 2.55. The van der Waals surface area contributed by atoms with Crippen LogP contribution in [-0.2, 0) is 19.5 Å². The Kier molecular flexibility index (Phi) is 4.21. The highest BCUT2D eigenvalue weighted by Gasteiger charge is 2.42. The van der Waals surface area contributed by atoms with Gasteiger partial charge in [0.25, 0.3) is 5.56 Å². The summed E-state index contributed by atoms with van der Waals surface area (Å²) in [7, 11) is 3.11. The van der Waals surface area contributed by atoms with Crippen LogP contribution < -0.4 is 16.6 Å². The third-order valence-corrected chi connectivity index (χ3v) is 6.59. The molecule has 6 nitrogen and oxygen atoms in total. The van der Waals surface area contributed by atoms with E-state index < -0.39 is 17.2 Å². The van der Waals surface area contributed by atoms with Crippen LogP contribution in [0.5, 0.6) is 0 Å². The molecule has 2 heterocycles. The van der Waals surface area contributed by atoms with E-state index in [2.05, 4.69) is 38.2 Å². The fourth-order valence-electron chi connectivity index (χ4n) is 4.77. The van der Waals surface area contributed by atoms with E-state index in [0.717, 1.165) is 15.7 Å². The standard InChI is InChI=1S/C26H25N3O3/c1-26(2,3)15-12-10-14(11-13-15)18-19-21(16-8-6-7-9-17(16)22(19)30)27-23-20(18)24(31)29(5)25(32)28(23)4/h6-13,18,27H,1-5H3/t18-/m0/s1. The zero-order valence-electron chi connectivity index (χ0n) is 18.8. The Morgan fingerprint density at radius 2 is 1.47 bits per heavy atom. The number of benzene rings is 2. The Labute approximate surface area is 185 Å². The van der Waals surface area contributed by atoms with Crippen LogP contribution >= 0.6 is 0 Å². The van der Waals surface area contributed by atoms with Gasteiger partial charge in [-0.15, -0.1) is 0 Å². The molecule has 0 unspecified atom stereocenters. The molecule has 0 spiro atoms. The number of fused-ring (bicyclic) bond motifs is 3. The van der Waals surface area contributed by atoms with Crippen molar-refractivity contribution in [2.24, 2.45) is 14.1 Å². The van der Waals surface area contributed by atoms with Crippen LogP contribution in [0.4, 0.5) is 5.82 Å². The molecule has 0 fully saturated rings. The summed E-state index contributed by atoms with van der Waals surface area (Å²) in [6.07, 6.45) is 0. The fourth-order valence-corrected chi connectivity index (χ4v) is 4.77. The van der Waals surface area contributed by atoms with E-state index in [0.29, 0.717) is 28.2 Å². The molecule has 1 aliphatic carbocycles. The first-order valence-electron chi connectivity index (χ1n) is 10.7. The summed E-state index contributed by atoms with van der Waals surface area (Å²) >= 11 is 0. The average molecular weight is 428 g/mol. The van der Waals surface area contributed by atoms with E-state index in [1.807, 2.05) is 30.3 Å². The molecule has 0 radical (unpaired) electrons. The largest absolute Gasteiger partial charge is 0.340 e. The molecule has 1 atom stereocenters. The highest BCUT2D eigenvalue weighted by atomic mass is 16.2. The molecule has 0 saturated heterocycles. The van der Waals surface area contributed by atoms with Gasteiger partial charge in [-0.3, -0.25) is 18.7 Å². The van der Waals surface area contributed by atoms with Gasteiger partial charge in [0.15, 0.2) is 5.78 Å². The van der Waals surface area contributed by atoms with Crippen LogP contribution in [0, 0.1) is 0 Å². The number of Topliss-reactive ketones (excluding diaryl/α,β-unsaturated/α-hetero) is 1. The lowest BCUT2D eigenvalue weighted by molar-refractivity contribution is 0.103. The van der Waals surface area contributed by atoms with Crippen molar-refractivity contribution in [2.45, 2.75) is 32.1 Å². The molecule has 32 heavy (non-hydrogen) atoms. The molecule has 2 aromatic carbocycles. The van der Waals surface area contributed by atoms with Crippen molar-refractivity contribution < 1.29 is 4.79 Å². The average Bonchev–Trinajstić information content (AvgIpc) is 3.06. The maximum absolute atomic E-state index is 13.5. The predicted octanol–water partition coefficient (Wildman–Crippen LogP) is 3.55. The van der Waals surface area contributed by atoms with Gasteiger partial charge in [0.2, 0.25) is 0 Å². The lowest BCUT2D eigenvalue weighted by Gasteiger charge is -2.30. The Bertz CT molecular complexity index is 1450. The lowest BCUT2D eigenvalue weighted by Crippen LogP contribution is -2.42. The van der Waals surface area contributed by atoms with E-state index in [-0.39, 0.29) is 11.2 Å². The number of nitrogens with zero attached hydrogens (tertiary/aromatic N) is 2. The van der Waals surface area contributed by atoms with Gasteiger partial charge >= 0.3 is 5.69 Å². The normalized spacial score (nSPS) is 17.0. The minimum absolute atomic E-state index is 0.0194. The zero-order chi connectivity index (χ0) is 22.9. The molecule has 162 valence electrons. The monoisotopic (exact) mass is 427 g/mol. The number of hydrogen-bond acceptors (Lipinski definition) is 4. The number of aromatic nitrogens is 2. The number of carbonyl (C=O) groups excluding carboxylic acids is 1. The number of allylic oxidation sites excluding steroid dienone is 1. The van der Waals surface area contributed by atoms with Crippen molar-refractivity contribution in [3.05, 3.63) is 103 Å². The number of carbonyl (C=O) groups is 1. The van der Waals surface area contributed by atoms with Crippen LogP contribution in [-0.4, -0.2) is 14.9 Å². The first kappa shape index (κ1) is 20.2. The maximum atomic E-state index is 13.5. The molecule has 0 saturated carbocycles. The van der Waals surface area contributed by atoms with Crippen molar-refractivity contribution in [3.8, 4) is 0 Å². The van der Waals surface area contributed by atoms with Crippen molar-refractivity contribution in [3.63, 3.8) is 0 Å². The van der Waals surface area contributed by atoms with Crippen molar-refractivity contribution in [1.82, 2.24) is 9.13 Å². The second-order valence-corrected chi connectivity index (χ2v) is 9.56. The summed E-state index contributed by atoms with van der Waals surface area (Å²) in [5.74, 6) is -0.221. The van der Waals surface area contributed by atoms with E-state index >= 15 is 0 Å². The first-order valence-corrected chi connectivity index (χ1v) is 10.7. The number of nitrogens with one attached hydrogen (secondary N) is 1. The van der Waals surface area contributed by atoms with Gasteiger partial charge in [-0.25, -0.2) is 4.79 Å². The summed E-state index contributed by atoms with van der Waals surface area (Å²) in [5.41, 5.74) is 4.24. The second kappa shape index (κ2) is 6.66. The Balaban J connectivity index is 1.82. The molecule has 0 bridgehead atoms. The Morgan fingerprint density at radius 1 is 0.844 bits per heavy atom. The summed E-state index contributed by atoms with van der Waals surface area (Å²) in [6.45, 7) is 6.43. The number of hydrogen-bond donors (Lipinski definition) is 1. The third kappa shape index (κ3) is 2.68. The van der Waals surface area contributed by atoms with E-state index in [1.54, 1.807) is 13.1 Å². The minimum atomic E-state index is -0.569. The van der Waals surface area contributed by atoms with Gasteiger partial charge in [-0.1, -0.05) is 69.3 Å². The SMILES string of the molecule is Cn1c2c(c(=O)n(C)c1=O)[C@@H](c1ccc(C(C)(C)C)cc1)C1=C(N2)c2ccccc2C1=O. The highest BCUT2D eigenvalue weighted by molar-refractivity contribution is 6.23. The lowest BCUT2D eigenvalue weighted by atomic mass is 9.79. The number of rotatable bonds is 1. The summed E-state index contributed by atoms with van der Waals surface area (Å²) in [6, 6.07) is 15.5. The summed E-state index contributed by atoms with van der Waals surface area (Å²) in [4.78, 5) is 39.5. The van der Waals surface area contributed by atoms with Gasteiger partial charge in [-0.2, -0.15) is 0 Å². The molecule has 3 aromatic rings. The topological polar surface area (TPSA) is 73.1 Å². The van der Waals surface area contributed by atoms with Gasteiger partial charge in [-0.05, 0) is 16.5 Å². The third-order valence-electron chi connectivity index (χ3n) is 6.59. The molecule has 1 aromatic heterocycles. The van der Waals surface area contributed by atoms with E-state index in [9.17, 15) is 14.4 Å². The molecular weight excluding hydrogens is 402 g/mol. The van der Waals surface area contributed by atoms with Crippen LogP contribution in [0.25, 0.3) is 5.70 Å². The minimum Gasteiger partial charge on any atom is -0.340 e. The number of ketones is 1. The van der Waals surface area contributed by atoms with Crippen LogP contribution in [0.3, 0.4) is 0 Å². The molecule has 1 aliphatic heterocycles. The second-order valence-electron chi connectivity index (χ2n) is 9.56. The smallest absolute Gasteiger partial charge is 0.332 e. The van der Waals surface area contributed by atoms with Crippen molar-refractivity contribution in [2.75, 3.05) is 5.32 Å². The molecule has 6 heteroatoms. The first-order chi connectivity index (χ1) is 15.1. The van der Waals surface area contributed by atoms with Crippen molar-refractivity contribution in [1.29, 1.82) is 0 Å². The predicted molar refractivity (Wildman–Crippen MR) is 125 cm³/mol. The van der Waals surface area contributed by atoms with Gasteiger partial charge < -0.3 is 5.32 Å². The van der Waals surface area contributed by atoms with Crippen LogP contribution in [0.1, 0.15) is 59.3 Å². The molecule has 0 amide bonds. The fraction of sp³-hybridized carbons (Fsp3) is 0.269.